The fraction of sp³-hybridized carbons (Fsp3) is 0.444. The summed E-state index contributed by atoms with van der Waals surface area (Å²) in [7, 11) is 1.58. The van der Waals surface area contributed by atoms with Gasteiger partial charge >= 0.3 is 5.97 Å². The third-order valence-corrected chi connectivity index (χ3v) is 3.45. The van der Waals surface area contributed by atoms with Gasteiger partial charge in [0.05, 0.1) is 13.5 Å². The quantitative estimate of drug-likeness (QED) is 0.633. The van der Waals surface area contributed by atoms with Gasteiger partial charge in [-0.05, 0) is 56.9 Å². The first-order valence-corrected chi connectivity index (χ1v) is 7.42. The lowest BCUT2D eigenvalue weighted by atomic mass is 9.86. The molecule has 0 heterocycles. The SMILES string of the molecule is COc1ccc2c(c1)C(=O)/C(=C\CC(=O)OC(C)(C)C)CC2. The highest BCUT2D eigenvalue weighted by Gasteiger charge is 2.23. The third-order valence-electron chi connectivity index (χ3n) is 3.45. The zero-order chi connectivity index (χ0) is 16.3. The van der Waals surface area contributed by atoms with E-state index in [-0.39, 0.29) is 18.2 Å². The van der Waals surface area contributed by atoms with Crippen molar-refractivity contribution in [2.24, 2.45) is 0 Å². The zero-order valence-corrected chi connectivity index (χ0v) is 13.6. The number of benzene rings is 1. The summed E-state index contributed by atoms with van der Waals surface area (Å²) in [6, 6.07) is 5.55. The standard InChI is InChI=1S/C18H22O4/c1-18(2,3)22-16(19)10-8-13-6-5-12-7-9-14(21-4)11-15(12)17(13)20/h7-9,11H,5-6,10H2,1-4H3/b13-8-. The van der Waals surface area contributed by atoms with Crippen molar-refractivity contribution >= 4 is 11.8 Å². The Kier molecular flexibility index (Phi) is 4.69. The molecule has 4 nitrogen and oxygen atoms in total. The van der Waals surface area contributed by atoms with Crippen LogP contribution in [0.2, 0.25) is 0 Å². The van der Waals surface area contributed by atoms with Crippen LogP contribution in [0.5, 0.6) is 5.75 Å². The van der Waals surface area contributed by atoms with Crippen LogP contribution in [0.1, 0.15) is 49.5 Å². The van der Waals surface area contributed by atoms with Crippen molar-refractivity contribution in [1.82, 2.24) is 0 Å². The van der Waals surface area contributed by atoms with Gasteiger partial charge in [0.15, 0.2) is 5.78 Å². The molecule has 1 aromatic carbocycles. The molecule has 0 atom stereocenters. The average Bonchev–Trinajstić information content (AvgIpc) is 2.44. The summed E-state index contributed by atoms with van der Waals surface area (Å²) in [6.45, 7) is 5.48. The minimum atomic E-state index is -0.508. The number of rotatable bonds is 3. The Hall–Kier alpha value is -2.10. The molecule has 0 aromatic heterocycles. The van der Waals surface area contributed by atoms with Crippen LogP contribution in [-0.2, 0) is 16.0 Å². The Balaban J connectivity index is 2.12. The van der Waals surface area contributed by atoms with Crippen molar-refractivity contribution in [2.75, 3.05) is 7.11 Å². The zero-order valence-electron chi connectivity index (χ0n) is 13.6. The molecule has 0 spiro atoms. The van der Waals surface area contributed by atoms with Gasteiger partial charge in [-0.1, -0.05) is 12.1 Å². The van der Waals surface area contributed by atoms with Crippen molar-refractivity contribution < 1.29 is 19.1 Å². The molecule has 2 rings (SSSR count). The van der Waals surface area contributed by atoms with Gasteiger partial charge in [-0.3, -0.25) is 9.59 Å². The van der Waals surface area contributed by atoms with Crippen LogP contribution in [0.25, 0.3) is 0 Å². The molecule has 0 bridgehead atoms. The molecule has 0 aliphatic heterocycles. The Bertz CT molecular complexity index is 620. The number of carbonyl (C=O) groups is 2. The lowest BCUT2D eigenvalue weighted by Gasteiger charge is -2.20. The molecule has 0 fully saturated rings. The van der Waals surface area contributed by atoms with E-state index in [1.165, 1.54) is 0 Å². The van der Waals surface area contributed by atoms with Crippen LogP contribution < -0.4 is 4.74 Å². The average molecular weight is 302 g/mol. The number of esters is 1. The number of fused-ring (bicyclic) bond motifs is 1. The second kappa shape index (κ2) is 6.34. The fourth-order valence-corrected chi connectivity index (χ4v) is 2.45. The van der Waals surface area contributed by atoms with Crippen LogP contribution in [0.15, 0.2) is 29.8 Å². The van der Waals surface area contributed by atoms with Crippen LogP contribution >= 0.6 is 0 Å². The van der Waals surface area contributed by atoms with E-state index in [9.17, 15) is 9.59 Å². The highest BCUT2D eigenvalue weighted by atomic mass is 16.6. The van der Waals surface area contributed by atoms with Gasteiger partial charge in [0, 0.05) is 5.56 Å². The Morgan fingerprint density at radius 3 is 2.64 bits per heavy atom. The molecule has 0 radical (unpaired) electrons. The minimum absolute atomic E-state index is 0.0243. The maximum Gasteiger partial charge on any atom is 0.310 e. The van der Waals surface area contributed by atoms with Crippen molar-refractivity contribution in [3.63, 3.8) is 0 Å². The van der Waals surface area contributed by atoms with Crippen molar-refractivity contribution in [2.45, 2.75) is 45.6 Å². The second-order valence-corrected chi connectivity index (χ2v) is 6.37. The summed E-state index contributed by atoms with van der Waals surface area (Å²) in [4.78, 5) is 24.3. The van der Waals surface area contributed by atoms with E-state index in [1.807, 2.05) is 32.9 Å². The fourth-order valence-electron chi connectivity index (χ4n) is 2.45. The molecular weight excluding hydrogens is 280 g/mol. The Morgan fingerprint density at radius 1 is 1.27 bits per heavy atom. The largest absolute Gasteiger partial charge is 0.497 e. The highest BCUT2D eigenvalue weighted by molar-refractivity contribution is 6.11. The highest BCUT2D eigenvalue weighted by Crippen LogP contribution is 2.28. The first-order chi connectivity index (χ1) is 10.3. The van der Waals surface area contributed by atoms with E-state index in [2.05, 4.69) is 0 Å². The molecular formula is C18H22O4. The molecule has 4 heteroatoms. The molecule has 0 unspecified atom stereocenters. The topological polar surface area (TPSA) is 52.6 Å². The smallest absolute Gasteiger partial charge is 0.310 e. The van der Waals surface area contributed by atoms with Gasteiger partial charge < -0.3 is 9.47 Å². The lowest BCUT2D eigenvalue weighted by Crippen LogP contribution is -2.23. The Labute approximate surface area is 131 Å². The lowest BCUT2D eigenvalue weighted by molar-refractivity contribution is -0.153. The van der Waals surface area contributed by atoms with E-state index < -0.39 is 5.60 Å². The molecule has 1 aliphatic rings. The van der Waals surface area contributed by atoms with Gasteiger partial charge in [-0.2, -0.15) is 0 Å². The van der Waals surface area contributed by atoms with Crippen LogP contribution in [0.4, 0.5) is 0 Å². The number of Topliss-reactive ketones (excluding diaryl/α,β-unsaturated/α-hetero) is 1. The molecule has 0 amide bonds. The third kappa shape index (κ3) is 3.97. The van der Waals surface area contributed by atoms with Gasteiger partial charge in [0.25, 0.3) is 0 Å². The number of ketones is 1. The number of methoxy groups -OCH3 is 1. The summed E-state index contributed by atoms with van der Waals surface area (Å²) in [5.41, 5.74) is 1.86. The molecule has 118 valence electrons. The minimum Gasteiger partial charge on any atom is -0.497 e. The summed E-state index contributed by atoms with van der Waals surface area (Å²) in [6.07, 6.45) is 3.27. The van der Waals surface area contributed by atoms with E-state index in [1.54, 1.807) is 19.3 Å². The van der Waals surface area contributed by atoms with E-state index >= 15 is 0 Å². The van der Waals surface area contributed by atoms with Gasteiger partial charge in [-0.15, -0.1) is 0 Å². The van der Waals surface area contributed by atoms with Crippen molar-refractivity contribution in [3.05, 3.63) is 41.0 Å². The van der Waals surface area contributed by atoms with E-state index in [0.717, 1.165) is 12.0 Å². The van der Waals surface area contributed by atoms with Gasteiger partial charge in [0.1, 0.15) is 11.4 Å². The first kappa shape index (κ1) is 16.3. The molecule has 0 N–H and O–H groups in total. The number of ether oxygens (including phenoxy) is 2. The monoisotopic (exact) mass is 302 g/mol. The normalized spacial score (nSPS) is 16.4. The summed E-state index contributed by atoms with van der Waals surface area (Å²) in [5.74, 6) is 0.327. The summed E-state index contributed by atoms with van der Waals surface area (Å²) >= 11 is 0. The van der Waals surface area contributed by atoms with Gasteiger partial charge in [-0.25, -0.2) is 0 Å². The van der Waals surface area contributed by atoms with Gasteiger partial charge in [0.2, 0.25) is 0 Å². The molecule has 1 aliphatic carbocycles. The summed E-state index contributed by atoms with van der Waals surface area (Å²) < 4.78 is 10.4. The number of carbonyl (C=O) groups excluding carboxylic acids is 2. The van der Waals surface area contributed by atoms with Crippen molar-refractivity contribution in [1.29, 1.82) is 0 Å². The predicted octanol–water partition coefficient (Wildman–Crippen LogP) is 3.48. The maximum atomic E-state index is 12.5. The summed E-state index contributed by atoms with van der Waals surface area (Å²) in [5, 5.41) is 0. The van der Waals surface area contributed by atoms with Crippen LogP contribution in [0.3, 0.4) is 0 Å². The number of hydrogen-bond acceptors (Lipinski definition) is 4. The second-order valence-electron chi connectivity index (χ2n) is 6.37. The predicted molar refractivity (Wildman–Crippen MR) is 84.2 cm³/mol. The van der Waals surface area contributed by atoms with E-state index in [0.29, 0.717) is 23.3 Å². The number of hydrogen-bond donors (Lipinski definition) is 0. The molecule has 0 saturated carbocycles. The number of allylic oxidation sites excluding steroid dienone is 1. The first-order valence-electron chi connectivity index (χ1n) is 7.42. The number of aryl methyl sites for hydroxylation is 1. The van der Waals surface area contributed by atoms with Crippen molar-refractivity contribution in [3.8, 4) is 5.75 Å². The Morgan fingerprint density at radius 2 is 2.00 bits per heavy atom. The maximum absolute atomic E-state index is 12.5. The molecule has 0 saturated heterocycles. The molecule has 1 aromatic rings. The van der Waals surface area contributed by atoms with E-state index in [4.69, 9.17) is 9.47 Å². The van der Waals surface area contributed by atoms with Crippen LogP contribution in [0, 0.1) is 0 Å². The van der Waals surface area contributed by atoms with Crippen LogP contribution in [-0.4, -0.2) is 24.5 Å². The molecule has 22 heavy (non-hydrogen) atoms.